The predicted octanol–water partition coefficient (Wildman–Crippen LogP) is 1.29. The Balaban J connectivity index is 1.79. The van der Waals surface area contributed by atoms with E-state index in [1.807, 2.05) is 0 Å². The van der Waals surface area contributed by atoms with Gasteiger partial charge in [-0.2, -0.15) is 0 Å². The maximum Gasteiger partial charge on any atom is 0.244 e. The Hall–Kier alpha value is -1.18. The summed E-state index contributed by atoms with van der Waals surface area (Å²) in [5.74, 6) is 0.00759. The summed E-state index contributed by atoms with van der Waals surface area (Å²) in [5, 5.41) is 0. The van der Waals surface area contributed by atoms with E-state index in [9.17, 15) is 8.42 Å². The molecule has 0 atom stereocenters. The molecule has 0 bridgehead atoms. The summed E-state index contributed by atoms with van der Waals surface area (Å²) in [4.78, 5) is 3.79. The number of nitrogens with one attached hydrogen (secondary N) is 1. The highest BCUT2D eigenvalue weighted by Crippen LogP contribution is 2.20. The molecule has 0 amide bonds. The number of nitrogen functional groups attached to an aromatic ring is 1. The number of hydrogen-bond acceptors (Lipinski definition) is 5. The molecule has 0 aliphatic heterocycles. The fraction of sp³-hybridized carbons (Fsp3) is 0.615. The third kappa shape index (κ3) is 4.16. The van der Waals surface area contributed by atoms with E-state index in [1.54, 1.807) is 6.07 Å². The molecule has 0 radical (unpaired) electrons. The molecule has 1 aliphatic rings. The Morgan fingerprint density at radius 1 is 1.35 bits per heavy atom. The van der Waals surface area contributed by atoms with E-state index >= 15 is 0 Å². The van der Waals surface area contributed by atoms with Crippen LogP contribution in [0.15, 0.2) is 23.2 Å². The van der Waals surface area contributed by atoms with E-state index in [0.717, 1.165) is 12.8 Å². The molecule has 1 aromatic heterocycles. The van der Waals surface area contributed by atoms with E-state index in [0.29, 0.717) is 6.61 Å². The van der Waals surface area contributed by atoms with Crippen LogP contribution in [-0.2, 0) is 14.8 Å². The number of aromatic nitrogens is 1. The molecule has 1 saturated carbocycles. The standard InChI is InChI=1S/C13H21N3O3S/c14-13-12(7-4-8-15-13)20(17,18)16-9-10-19-11-5-2-1-3-6-11/h4,7-8,11,16H,1-3,5-6,9-10H2,(H2,14,15). The Morgan fingerprint density at radius 3 is 2.80 bits per heavy atom. The second-order valence-electron chi connectivity index (χ2n) is 4.92. The molecular formula is C13H21N3O3S. The molecule has 1 heterocycles. The number of hydrogen-bond donors (Lipinski definition) is 2. The van der Waals surface area contributed by atoms with Gasteiger partial charge < -0.3 is 10.5 Å². The molecule has 0 aromatic carbocycles. The van der Waals surface area contributed by atoms with Crippen molar-refractivity contribution in [2.75, 3.05) is 18.9 Å². The maximum absolute atomic E-state index is 12.0. The molecule has 1 aromatic rings. The van der Waals surface area contributed by atoms with Crippen molar-refractivity contribution in [3.63, 3.8) is 0 Å². The van der Waals surface area contributed by atoms with Gasteiger partial charge >= 0.3 is 0 Å². The Labute approximate surface area is 119 Å². The van der Waals surface area contributed by atoms with Gasteiger partial charge in [0.1, 0.15) is 10.7 Å². The highest BCUT2D eigenvalue weighted by molar-refractivity contribution is 7.89. The van der Waals surface area contributed by atoms with Crippen LogP contribution in [0.25, 0.3) is 0 Å². The second-order valence-corrected chi connectivity index (χ2v) is 6.65. The van der Waals surface area contributed by atoms with Gasteiger partial charge in [0.15, 0.2) is 0 Å². The number of nitrogens with zero attached hydrogens (tertiary/aromatic N) is 1. The number of ether oxygens (including phenoxy) is 1. The van der Waals surface area contributed by atoms with Crippen LogP contribution in [0.4, 0.5) is 5.82 Å². The van der Waals surface area contributed by atoms with Crippen molar-refractivity contribution in [2.45, 2.75) is 43.1 Å². The number of rotatable bonds is 6. The van der Waals surface area contributed by atoms with Gasteiger partial charge in [0.05, 0.1) is 12.7 Å². The van der Waals surface area contributed by atoms with Crippen molar-refractivity contribution < 1.29 is 13.2 Å². The Bertz CT molecular complexity index is 527. The van der Waals surface area contributed by atoms with Crippen molar-refractivity contribution in [3.05, 3.63) is 18.3 Å². The minimum atomic E-state index is -3.61. The molecule has 2 rings (SSSR count). The van der Waals surface area contributed by atoms with Crippen molar-refractivity contribution >= 4 is 15.8 Å². The molecule has 0 unspecified atom stereocenters. The summed E-state index contributed by atoms with van der Waals surface area (Å²) < 4.78 is 32.2. The zero-order chi connectivity index (χ0) is 14.4. The lowest BCUT2D eigenvalue weighted by molar-refractivity contribution is 0.0321. The third-order valence-electron chi connectivity index (χ3n) is 3.39. The van der Waals surface area contributed by atoms with Crippen LogP contribution in [0, 0.1) is 0 Å². The number of pyridine rings is 1. The molecule has 112 valence electrons. The van der Waals surface area contributed by atoms with Crippen molar-refractivity contribution in [2.24, 2.45) is 0 Å². The van der Waals surface area contributed by atoms with Gasteiger partial charge in [-0.15, -0.1) is 0 Å². The zero-order valence-electron chi connectivity index (χ0n) is 11.4. The SMILES string of the molecule is Nc1ncccc1S(=O)(=O)NCCOC1CCCCC1. The summed E-state index contributed by atoms with van der Waals surface area (Å²) in [6.07, 6.45) is 7.54. The monoisotopic (exact) mass is 299 g/mol. The van der Waals surface area contributed by atoms with Gasteiger partial charge in [-0.05, 0) is 25.0 Å². The van der Waals surface area contributed by atoms with Crippen LogP contribution < -0.4 is 10.5 Å². The van der Waals surface area contributed by atoms with E-state index in [1.165, 1.54) is 31.5 Å². The highest BCUT2D eigenvalue weighted by Gasteiger charge is 2.18. The minimum Gasteiger partial charge on any atom is -0.383 e. The highest BCUT2D eigenvalue weighted by atomic mass is 32.2. The number of nitrogens with two attached hydrogens (primary N) is 1. The first-order valence-corrected chi connectivity index (χ1v) is 8.39. The van der Waals surface area contributed by atoms with Gasteiger partial charge in [-0.25, -0.2) is 18.1 Å². The van der Waals surface area contributed by atoms with E-state index < -0.39 is 10.0 Å². The molecule has 0 saturated heterocycles. The molecule has 1 fully saturated rings. The molecular weight excluding hydrogens is 278 g/mol. The lowest BCUT2D eigenvalue weighted by Gasteiger charge is -2.22. The Morgan fingerprint density at radius 2 is 2.10 bits per heavy atom. The van der Waals surface area contributed by atoms with Gasteiger partial charge in [0.2, 0.25) is 10.0 Å². The van der Waals surface area contributed by atoms with Crippen LogP contribution in [0.5, 0.6) is 0 Å². The first kappa shape index (κ1) is 15.2. The fourth-order valence-corrected chi connectivity index (χ4v) is 3.43. The first-order chi connectivity index (χ1) is 9.59. The zero-order valence-corrected chi connectivity index (χ0v) is 12.2. The molecule has 6 nitrogen and oxygen atoms in total. The summed E-state index contributed by atoms with van der Waals surface area (Å²) in [6, 6.07) is 2.98. The van der Waals surface area contributed by atoms with Gasteiger partial charge in [-0.1, -0.05) is 19.3 Å². The summed E-state index contributed by atoms with van der Waals surface area (Å²) in [6.45, 7) is 0.622. The van der Waals surface area contributed by atoms with Gasteiger partial charge in [0.25, 0.3) is 0 Å². The van der Waals surface area contributed by atoms with Crippen LogP contribution in [0.1, 0.15) is 32.1 Å². The van der Waals surface area contributed by atoms with Crippen molar-refractivity contribution in [1.82, 2.24) is 9.71 Å². The van der Waals surface area contributed by atoms with Crippen LogP contribution in [0.2, 0.25) is 0 Å². The molecule has 3 N–H and O–H groups in total. The molecule has 0 spiro atoms. The van der Waals surface area contributed by atoms with Crippen LogP contribution in [0.3, 0.4) is 0 Å². The molecule has 1 aliphatic carbocycles. The van der Waals surface area contributed by atoms with Crippen LogP contribution >= 0.6 is 0 Å². The summed E-state index contributed by atoms with van der Waals surface area (Å²) in [7, 11) is -3.61. The van der Waals surface area contributed by atoms with E-state index in [2.05, 4.69) is 9.71 Å². The quantitative estimate of drug-likeness (QED) is 0.772. The predicted molar refractivity (Wildman–Crippen MR) is 76.7 cm³/mol. The lowest BCUT2D eigenvalue weighted by Crippen LogP contribution is -2.30. The third-order valence-corrected chi connectivity index (χ3v) is 4.90. The average Bonchev–Trinajstić information content (AvgIpc) is 2.45. The lowest BCUT2D eigenvalue weighted by atomic mass is 9.98. The van der Waals surface area contributed by atoms with E-state index in [4.69, 9.17) is 10.5 Å². The topological polar surface area (TPSA) is 94.3 Å². The molecule has 7 heteroatoms. The van der Waals surface area contributed by atoms with Crippen molar-refractivity contribution in [3.8, 4) is 0 Å². The summed E-state index contributed by atoms with van der Waals surface area (Å²) in [5.41, 5.74) is 5.57. The van der Waals surface area contributed by atoms with Gasteiger partial charge in [-0.3, -0.25) is 0 Å². The van der Waals surface area contributed by atoms with Crippen molar-refractivity contribution in [1.29, 1.82) is 0 Å². The van der Waals surface area contributed by atoms with Gasteiger partial charge in [0, 0.05) is 12.7 Å². The Kier molecular flexibility index (Phi) is 5.33. The number of sulfonamides is 1. The summed E-state index contributed by atoms with van der Waals surface area (Å²) >= 11 is 0. The van der Waals surface area contributed by atoms with Crippen LogP contribution in [-0.4, -0.2) is 32.7 Å². The van der Waals surface area contributed by atoms with E-state index in [-0.39, 0.29) is 23.4 Å². The largest absolute Gasteiger partial charge is 0.383 e. The fourth-order valence-electron chi connectivity index (χ4n) is 2.34. The maximum atomic E-state index is 12.0. The second kappa shape index (κ2) is 7.01. The smallest absolute Gasteiger partial charge is 0.244 e. The average molecular weight is 299 g/mol. The minimum absolute atomic E-state index is 0.00759. The number of anilines is 1. The molecule has 20 heavy (non-hydrogen) atoms. The first-order valence-electron chi connectivity index (χ1n) is 6.91. The normalized spacial score (nSPS) is 17.2.